The smallest absolute Gasteiger partial charge is 0.249 e. The quantitative estimate of drug-likeness (QED) is 0.611. The van der Waals surface area contributed by atoms with E-state index in [1.807, 2.05) is 6.07 Å². The zero-order chi connectivity index (χ0) is 15.0. The van der Waals surface area contributed by atoms with Crippen LogP contribution in [0.3, 0.4) is 0 Å². The molecule has 0 unspecified atom stereocenters. The van der Waals surface area contributed by atoms with Gasteiger partial charge in [0, 0.05) is 11.2 Å². The number of nitrogens with zero attached hydrogens (tertiary/aromatic N) is 2. The average molecular weight is 347 g/mol. The topological polar surface area (TPSA) is 25.8 Å². The van der Waals surface area contributed by atoms with Gasteiger partial charge in [-0.2, -0.15) is 13.2 Å². The van der Waals surface area contributed by atoms with Crippen LogP contribution in [-0.2, 0) is 6.18 Å². The number of hydrogen-bond acceptors (Lipinski definition) is 4. The molecular formula is C13H6ClF3N2S2. The lowest BCUT2D eigenvalue weighted by molar-refractivity contribution is -0.137. The Hall–Kier alpha value is -1.31. The molecular weight excluding hydrogens is 341 g/mol. The van der Waals surface area contributed by atoms with Crippen molar-refractivity contribution >= 4 is 44.9 Å². The molecule has 0 radical (unpaired) electrons. The van der Waals surface area contributed by atoms with Crippen LogP contribution >= 0.6 is 34.7 Å². The fraction of sp³-hybridized carbons (Fsp3) is 0.0769. The number of fused-ring (bicyclic) bond motifs is 1. The van der Waals surface area contributed by atoms with Gasteiger partial charge in [-0.15, -0.1) is 11.3 Å². The Morgan fingerprint density at radius 2 is 1.95 bits per heavy atom. The fourth-order valence-electron chi connectivity index (χ4n) is 1.62. The van der Waals surface area contributed by atoms with Crippen LogP contribution in [0, 0.1) is 0 Å². The molecule has 1 aromatic carbocycles. The first-order valence-corrected chi connectivity index (χ1v) is 7.70. The molecule has 0 aliphatic rings. The molecule has 0 saturated carbocycles. The highest BCUT2D eigenvalue weighted by molar-refractivity contribution is 8.01. The number of halogens is 4. The molecule has 3 rings (SSSR count). The third-order valence-electron chi connectivity index (χ3n) is 2.59. The van der Waals surface area contributed by atoms with E-state index in [1.165, 1.54) is 29.2 Å². The number of hydrogen-bond donors (Lipinski definition) is 0. The van der Waals surface area contributed by atoms with E-state index in [2.05, 4.69) is 9.97 Å². The summed E-state index contributed by atoms with van der Waals surface area (Å²) in [4.78, 5) is 8.19. The fourth-order valence-corrected chi connectivity index (χ4v) is 3.72. The lowest BCUT2D eigenvalue weighted by Crippen LogP contribution is -2.04. The second-order valence-electron chi connectivity index (χ2n) is 4.08. The van der Waals surface area contributed by atoms with Crippen molar-refractivity contribution in [1.29, 1.82) is 0 Å². The van der Waals surface area contributed by atoms with Gasteiger partial charge in [0.1, 0.15) is 5.03 Å². The summed E-state index contributed by atoms with van der Waals surface area (Å²) in [6.07, 6.45) is -3.55. The van der Waals surface area contributed by atoms with Gasteiger partial charge in [-0.3, -0.25) is 0 Å². The molecule has 0 bridgehead atoms. The van der Waals surface area contributed by atoms with Crippen molar-refractivity contribution in [2.24, 2.45) is 0 Å². The maximum Gasteiger partial charge on any atom is 0.417 e. The zero-order valence-electron chi connectivity index (χ0n) is 10.2. The molecule has 0 aliphatic heterocycles. The van der Waals surface area contributed by atoms with Crippen LogP contribution in [0.15, 0.2) is 45.9 Å². The van der Waals surface area contributed by atoms with Crippen LogP contribution in [0.4, 0.5) is 13.2 Å². The largest absolute Gasteiger partial charge is 0.417 e. The Balaban J connectivity index is 1.84. The number of pyridine rings is 1. The summed E-state index contributed by atoms with van der Waals surface area (Å²) in [5, 5.41) is 1.06. The van der Waals surface area contributed by atoms with E-state index in [0.717, 1.165) is 22.5 Å². The van der Waals surface area contributed by atoms with E-state index < -0.39 is 11.7 Å². The van der Waals surface area contributed by atoms with Crippen LogP contribution in [0.25, 0.3) is 10.2 Å². The minimum Gasteiger partial charge on any atom is -0.249 e. The van der Waals surface area contributed by atoms with E-state index >= 15 is 0 Å². The predicted molar refractivity (Wildman–Crippen MR) is 78.0 cm³/mol. The molecule has 8 heteroatoms. The van der Waals surface area contributed by atoms with Crippen molar-refractivity contribution in [2.75, 3.05) is 0 Å². The molecule has 2 nitrogen and oxygen atoms in total. The van der Waals surface area contributed by atoms with E-state index in [0.29, 0.717) is 14.4 Å². The number of benzene rings is 1. The van der Waals surface area contributed by atoms with Crippen molar-refractivity contribution in [1.82, 2.24) is 9.97 Å². The van der Waals surface area contributed by atoms with E-state index in [9.17, 15) is 13.2 Å². The van der Waals surface area contributed by atoms with Gasteiger partial charge in [0.25, 0.3) is 0 Å². The first-order valence-electron chi connectivity index (χ1n) is 5.69. The third kappa shape index (κ3) is 3.30. The number of rotatable bonds is 2. The van der Waals surface area contributed by atoms with Crippen LogP contribution < -0.4 is 0 Å². The number of alkyl halides is 3. The molecule has 3 aromatic rings. The van der Waals surface area contributed by atoms with Crippen LogP contribution in [-0.4, -0.2) is 9.97 Å². The van der Waals surface area contributed by atoms with E-state index in [4.69, 9.17) is 11.6 Å². The molecule has 0 saturated heterocycles. The minimum absolute atomic E-state index is 0.466. The minimum atomic E-state index is -4.37. The second-order valence-corrected chi connectivity index (χ2v) is 6.81. The van der Waals surface area contributed by atoms with Crippen molar-refractivity contribution in [2.45, 2.75) is 15.5 Å². The van der Waals surface area contributed by atoms with Crippen molar-refractivity contribution < 1.29 is 13.2 Å². The van der Waals surface area contributed by atoms with E-state index in [1.54, 1.807) is 12.1 Å². The molecule has 0 fully saturated rings. The summed E-state index contributed by atoms with van der Waals surface area (Å²) in [6, 6.07) is 7.73. The van der Waals surface area contributed by atoms with Gasteiger partial charge in [0.2, 0.25) is 0 Å². The highest BCUT2D eigenvalue weighted by Gasteiger charge is 2.30. The monoisotopic (exact) mass is 346 g/mol. The predicted octanol–water partition coefficient (Wildman–Crippen LogP) is 5.51. The highest BCUT2D eigenvalue weighted by atomic mass is 35.5. The number of thiazole rings is 1. The van der Waals surface area contributed by atoms with Gasteiger partial charge in [0.15, 0.2) is 4.34 Å². The lowest BCUT2D eigenvalue weighted by atomic mass is 10.3. The van der Waals surface area contributed by atoms with Crippen LogP contribution in [0.2, 0.25) is 5.02 Å². The molecule has 0 amide bonds. The second kappa shape index (κ2) is 5.47. The van der Waals surface area contributed by atoms with Crippen molar-refractivity contribution in [3.05, 3.63) is 47.1 Å². The average Bonchev–Trinajstić information content (AvgIpc) is 2.79. The highest BCUT2D eigenvalue weighted by Crippen LogP contribution is 2.35. The molecule has 21 heavy (non-hydrogen) atoms. The summed E-state index contributed by atoms with van der Waals surface area (Å²) in [5.74, 6) is 0. The summed E-state index contributed by atoms with van der Waals surface area (Å²) < 4.78 is 39.0. The Labute approximate surface area is 131 Å². The van der Waals surface area contributed by atoms with Gasteiger partial charge in [-0.25, -0.2) is 9.97 Å². The molecule has 2 aromatic heterocycles. The molecule has 0 aliphatic carbocycles. The Morgan fingerprint density at radius 3 is 2.62 bits per heavy atom. The van der Waals surface area contributed by atoms with Crippen LogP contribution in [0.5, 0.6) is 0 Å². The first-order chi connectivity index (χ1) is 9.91. The molecule has 0 N–H and O–H groups in total. The Kier molecular flexibility index (Phi) is 3.81. The summed E-state index contributed by atoms with van der Waals surface area (Å²) in [7, 11) is 0. The van der Waals surface area contributed by atoms with Crippen molar-refractivity contribution in [3.8, 4) is 0 Å². The van der Waals surface area contributed by atoms with Gasteiger partial charge in [0.05, 0.1) is 15.8 Å². The molecule has 108 valence electrons. The van der Waals surface area contributed by atoms with E-state index in [-0.39, 0.29) is 0 Å². The van der Waals surface area contributed by atoms with Crippen LogP contribution in [0.1, 0.15) is 5.56 Å². The van der Waals surface area contributed by atoms with Gasteiger partial charge < -0.3 is 0 Å². The zero-order valence-corrected chi connectivity index (χ0v) is 12.6. The first kappa shape index (κ1) is 14.6. The molecule has 0 spiro atoms. The summed E-state index contributed by atoms with van der Waals surface area (Å²) >= 11 is 8.55. The SMILES string of the molecule is FC(F)(F)c1ccc(Sc2nc3cc(Cl)ccc3s2)nc1. The Bertz CT molecular complexity index is 784. The van der Waals surface area contributed by atoms with Crippen molar-refractivity contribution in [3.63, 3.8) is 0 Å². The maximum atomic E-state index is 12.5. The third-order valence-corrected chi connectivity index (χ3v) is 4.87. The van der Waals surface area contributed by atoms with Gasteiger partial charge >= 0.3 is 6.18 Å². The molecule has 0 atom stereocenters. The summed E-state index contributed by atoms with van der Waals surface area (Å²) in [6.45, 7) is 0. The summed E-state index contributed by atoms with van der Waals surface area (Å²) in [5.41, 5.74) is 0.00448. The number of aromatic nitrogens is 2. The van der Waals surface area contributed by atoms with Gasteiger partial charge in [-0.05, 0) is 42.1 Å². The molecule has 2 heterocycles. The standard InChI is InChI=1S/C13H6ClF3N2S2/c14-8-2-3-10-9(5-8)19-12(20-10)21-11-4-1-7(6-18-11)13(15,16)17/h1-6H. The maximum absolute atomic E-state index is 12.5. The Morgan fingerprint density at radius 1 is 1.14 bits per heavy atom. The lowest BCUT2D eigenvalue weighted by Gasteiger charge is -2.05. The normalized spacial score (nSPS) is 12.0. The van der Waals surface area contributed by atoms with Gasteiger partial charge in [-0.1, -0.05) is 11.6 Å².